The lowest BCUT2D eigenvalue weighted by Gasteiger charge is -2.05. The molecule has 0 spiro atoms. The van der Waals surface area contributed by atoms with Crippen molar-refractivity contribution < 1.29 is 0 Å². The normalized spacial score (nSPS) is 22.7. The molecule has 0 aromatic rings. The van der Waals surface area contributed by atoms with Crippen molar-refractivity contribution in [1.29, 1.82) is 0 Å². The highest BCUT2D eigenvalue weighted by atomic mass is 14.1. The molecule has 1 unspecified atom stereocenters. The fourth-order valence-corrected chi connectivity index (χ4v) is 1.32. The van der Waals surface area contributed by atoms with E-state index in [0.29, 0.717) is 5.92 Å². The first kappa shape index (κ1) is 9.05. The van der Waals surface area contributed by atoms with E-state index in [-0.39, 0.29) is 0 Å². The van der Waals surface area contributed by atoms with Crippen molar-refractivity contribution in [2.45, 2.75) is 20.3 Å². The van der Waals surface area contributed by atoms with Crippen molar-refractivity contribution in [2.75, 3.05) is 0 Å². The predicted molar refractivity (Wildman–Crippen MR) is 55.0 cm³/mol. The first-order chi connectivity index (χ1) is 5.77. The largest absolute Gasteiger partial charge is 0.0988 e. The summed E-state index contributed by atoms with van der Waals surface area (Å²) in [7, 11) is 0. The maximum Gasteiger partial charge on any atom is -0.000743 e. The van der Waals surface area contributed by atoms with Gasteiger partial charge in [0.05, 0.1) is 0 Å². The Morgan fingerprint density at radius 3 is 2.92 bits per heavy atom. The van der Waals surface area contributed by atoms with Crippen LogP contribution in [-0.4, -0.2) is 0 Å². The summed E-state index contributed by atoms with van der Waals surface area (Å²) in [5.41, 5.74) is 2.70. The Balaban J connectivity index is 2.95. The topological polar surface area (TPSA) is 0 Å². The van der Waals surface area contributed by atoms with E-state index in [1.54, 1.807) is 0 Å². The monoisotopic (exact) mass is 160 g/mol. The molecule has 0 amide bonds. The van der Waals surface area contributed by atoms with Crippen LogP contribution in [0, 0.1) is 5.92 Å². The SMILES string of the molecule is C=CC1=CC(CC)=CC=CC1C. The minimum Gasteiger partial charge on any atom is -0.0988 e. The lowest BCUT2D eigenvalue weighted by atomic mass is 10.00. The lowest BCUT2D eigenvalue weighted by molar-refractivity contribution is 0.892. The zero-order valence-electron chi connectivity index (χ0n) is 7.88. The molecule has 0 heteroatoms. The Morgan fingerprint density at radius 1 is 1.58 bits per heavy atom. The Kier molecular flexibility index (Phi) is 3.09. The summed E-state index contributed by atoms with van der Waals surface area (Å²) in [6.07, 6.45) is 11.8. The Labute approximate surface area is 75.0 Å². The van der Waals surface area contributed by atoms with E-state index in [1.807, 2.05) is 6.08 Å². The van der Waals surface area contributed by atoms with Gasteiger partial charge in [-0.15, -0.1) is 0 Å². The zero-order chi connectivity index (χ0) is 8.97. The smallest absolute Gasteiger partial charge is 0.000743 e. The quantitative estimate of drug-likeness (QED) is 0.578. The molecule has 0 aromatic carbocycles. The number of hydrogen-bond acceptors (Lipinski definition) is 0. The van der Waals surface area contributed by atoms with E-state index < -0.39 is 0 Å². The van der Waals surface area contributed by atoms with Gasteiger partial charge >= 0.3 is 0 Å². The van der Waals surface area contributed by atoms with Gasteiger partial charge in [-0.2, -0.15) is 0 Å². The molecule has 0 saturated carbocycles. The van der Waals surface area contributed by atoms with Crippen molar-refractivity contribution in [1.82, 2.24) is 0 Å². The van der Waals surface area contributed by atoms with Gasteiger partial charge in [0, 0.05) is 0 Å². The van der Waals surface area contributed by atoms with Crippen LogP contribution in [0.5, 0.6) is 0 Å². The minimum atomic E-state index is 0.503. The summed E-state index contributed by atoms with van der Waals surface area (Å²) in [5, 5.41) is 0. The van der Waals surface area contributed by atoms with Crippen LogP contribution in [0.15, 0.2) is 48.1 Å². The molecule has 64 valence electrons. The molecular weight excluding hydrogens is 144 g/mol. The van der Waals surface area contributed by atoms with Crippen LogP contribution in [0.25, 0.3) is 0 Å². The molecule has 1 aliphatic rings. The van der Waals surface area contributed by atoms with E-state index in [0.717, 1.165) is 6.42 Å². The van der Waals surface area contributed by atoms with Crippen molar-refractivity contribution in [3.05, 3.63) is 48.1 Å². The van der Waals surface area contributed by atoms with Gasteiger partial charge in [-0.3, -0.25) is 0 Å². The lowest BCUT2D eigenvalue weighted by Crippen LogP contribution is -1.91. The van der Waals surface area contributed by atoms with Crippen LogP contribution in [0.3, 0.4) is 0 Å². The number of allylic oxidation sites excluding steroid dienone is 7. The van der Waals surface area contributed by atoms with Crippen molar-refractivity contribution >= 4 is 0 Å². The summed E-state index contributed by atoms with van der Waals surface area (Å²) in [4.78, 5) is 0. The minimum absolute atomic E-state index is 0.503. The van der Waals surface area contributed by atoms with E-state index in [2.05, 4.69) is 44.7 Å². The third kappa shape index (κ3) is 1.97. The second-order valence-corrected chi connectivity index (χ2v) is 3.12. The second kappa shape index (κ2) is 4.10. The van der Waals surface area contributed by atoms with Crippen molar-refractivity contribution in [2.24, 2.45) is 5.92 Å². The van der Waals surface area contributed by atoms with Gasteiger partial charge in [-0.25, -0.2) is 0 Å². The molecule has 0 nitrogen and oxygen atoms in total. The average Bonchev–Trinajstić information content (AvgIpc) is 2.27. The van der Waals surface area contributed by atoms with Crippen LogP contribution in [0.4, 0.5) is 0 Å². The van der Waals surface area contributed by atoms with E-state index in [1.165, 1.54) is 11.1 Å². The average molecular weight is 160 g/mol. The molecule has 0 heterocycles. The third-order valence-electron chi connectivity index (χ3n) is 2.23. The zero-order valence-corrected chi connectivity index (χ0v) is 7.88. The second-order valence-electron chi connectivity index (χ2n) is 3.12. The van der Waals surface area contributed by atoms with Crippen LogP contribution < -0.4 is 0 Å². The van der Waals surface area contributed by atoms with Gasteiger partial charge in [0.25, 0.3) is 0 Å². The predicted octanol–water partition coefficient (Wildman–Crippen LogP) is 3.64. The highest BCUT2D eigenvalue weighted by molar-refractivity contribution is 5.37. The Bertz CT molecular complexity index is 251. The van der Waals surface area contributed by atoms with Crippen molar-refractivity contribution in [3.63, 3.8) is 0 Å². The first-order valence-electron chi connectivity index (χ1n) is 4.49. The fourth-order valence-electron chi connectivity index (χ4n) is 1.32. The van der Waals surface area contributed by atoms with Gasteiger partial charge in [0.1, 0.15) is 0 Å². The van der Waals surface area contributed by atoms with Gasteiger partial charge in [0.2, 0.25) is 0 Å². The summed E-state index contributed by atoms with van der Waals surface area (Å²) < 4.78 is 0. The van der Waals surface area contributed by atoms with Crippen molar-refractivity contribution in [3.8, 4) is 0 Å². The van der Waals surface area contributed by atoms with E-state index in [9.17, 15) is 0 Å². The molecule has 0 saturated heterocycles. The molecule has 1 aliphatic carbocycles. The summed E-state index contributed by atoms with van der Waals surface area (Å²) >= 11 is 0. The maximum atomic E-state index is 3.82. The molecular formula is C12H16. The molecule has 0 aromatic heterocycles. The molecule has 0 radical (unpaired) electrons. The van der Waals surface area contributed by atoms with Crippen LogP contribution in [0.2, 0.25) is 0 Å². The first-order valence-corrected chi connectivity index (χ1v) is 4.49. The van der Waals surface area contributed by atoms with Crippen LogP contribution in [0.1, 0.15) is 20.3 Å². The highest BCUT2D eigenvalue weighted by Crippen LogP contribution is 2.20. The van der Waals surface area contributed by atoms with Gasteiger partial charge in [-0.05, 0) is 23.5 Å². The number of rotatable bonds is 2. The molecule has 1 rings (SSSR count). The summed E-state index contributed by atoms with van der Waals surface area (Å²) in [5.74, 6) is 0.503. The number of hydrogen-bond donors (Lipinski definition) is 0. The molecule has 0 aliphatic heterocycles. The van der Waals surface area contributed by atoms with Gasteiger partial charge in [0.15, 0.2) is 0 Å². The van der Waals surface area contributed by atoms with Crippen LogP contribution in [-0.2, 0) is 0 Å². The van der Waals surface area contributed by atoms with E-state index >= 15 is 0 Å². The van der Waals surface area contributed by atoms with E-state index in [4.69, 9.17) is 0 Å². The molecule has 12 heavy (non-hydrogen) atoms. The molecule has 0 bridgehead atoms. The Hall–Kier alpha value is -1.04. The van der Waals surface area contributed by atoms with Crippen LogP contribution >= 0.6 is 0 Å². The summed E-state index contributed by atoms with van der Waals surface area (Å²) in [6.45, 7) is 8.18. The summed E-state index contributed by atoms with van der Waals surface area (Å²) in [6, 6.07) is 0. The molecule has 0 fully saturated rings. The van der Waals surface area contributed by atoms with Gasteiger partial charge in [-0.1, -0.05) is 50.8 Å². The molecule has 1 atom stereocenters. The Morgan fingerprint density at radius 2 is 2.33 bits per heavy atom. The van der Waals surface area contributed by atoms with Gasteiger partial charge < -0.3 is 0 Å². The molecule has 0 N–H and O–H groups in total. The third-order valence-corrected chi connectivity index (χ3v) is 2.23. The fraction of sp³-hybridized carbons (Fsp3) is 0.333. The maximum absolute atomic E-state index is 3.82. The standard InChI is InChI=1S/C12H16/c1-4-11-8-6-7-10(3)12(5-2)9-11/h5-10H,2,4H2,1,3H3. The highest BCUT2D eigenvalue weighted by Gasteiger charge is 2.03.